The Morgan fingerprint density at radius 3 is 1.87 bits per heavy atom. The highest BCUT2D eigenvalue weighted by molar-refractivity contribution is 6.00. The summed E-state index contributed by atoms with van der Waals surface area (Å²) in [5.74, 6) is -12.9. The van der Waals surface area contributed by atoms with Crippen LogP contribution in [0.1, 0.15) is 77.3 Å². The topological polar surface area (TPSA) is 473 Å². The summed E-state index contributed by atoms with van der Waals surface area (Å²) in [5.41, 5.74) is 13.1. The average molecular weight is 1150 g/mol. The summed E-state index contributed by atoms with van der Waals surface area (Å²) < 4.78 is 0. The van der Waals surface area contributed by atoms with Gasteiger partial charge < -0.3 is 89.4 Å². The van der Waals surface area contributed by atoms with Gasteiger partial charge >= 0.3 is 11.9 Å². The zero-order valence-corrected chi connectivity index (χ0v) is 45.7. The van der Waals surface area contributed by atoms with E-state index >= 15 is 0 Å². The van der Waals surface area contributed by atoms with Crippen molar-refractivity contribution in [2.24, 2.45) is 17.4 Å². The van der Waals surface area contributed by atoms with Gasteiger partial charge in [0.2, 0.25) is 59.1 Å². The maximum absolute atomic E-state index is 14.4. The van der Waals surface area contributed by atoms with E-state index in [1.165, 1.54) is 13.8 Å². The Kier molecular flexibility index (Phi) is 25.3. The Balaban J connectivity index is 1.54. The van der Waals surface area contributed by atoms with Crippen LogP contribution in [0.25, 0.3) is 10.9 Å². The second-order valence-electron chi connectivity index (χ2n) is 20.3. The summed E-state index contributed by atoms with van der Waals surface area (Å²) >= 11 is 0. The van der Waals surface area contributed by atoms with Crippen LogP contribution in [0.3, 0.4) is 0 Å². The first kappa shape index (κ1) is 66.0. The fourth-order valence-corrected chi connectivity index (χ4v) is 8.90. The van der Waals surface area contributed by atoms with Crippen molar-refractivity contribution >= 4 is 81.9 Å². The first-order chi connectivity index (χ1) is 38.7. The molecule has 4 rings (SSSR count). The van der Waals surface area contributed by atoms with Crippen molar-refractivity contribution in [2.45, 2.75) is 146 Å². The summed E-state index contributed by atoms with van der Waals surface area (Å²) in [6.45, 7) is 3.98. The minimum atomic E-state index is -1.79. The van der Waals surface area contributed by atoms with Gasteiger partial charge in [0.1, 0.15) is 48.3 Å². The molecule has 29 heteroatoms. The second-order valence-corrected chi connectivity index (χ2v) is 20.3. The fourth-order valence-electron chi connectivity index (χ4n) is 8.90. The lowest BCUT2D eigenvalue weighted by Crippen LogP contribution is -2.63. The summed E-state index contributed by atoms with van der Waals surface area (Å²) in [7, 11) is 0. The molecule has 448 valence electrons. The minimum absolute atomic E-state index is 0.0198. The van der Waals surface area contributed by atoms with Gasteiger partial charge in [-0.15, -0.1) is 0 Å². The molecule has 29 nitrogen and oxygen atoms in total. The highest BCUT2D eigenvalue weighted by Crippen LogP contribution is 2.22. The lowest BCUT2D eigenvalue weighted by atomic mass is 10.0. The molecule has 0 unspecified atom stereocenters. The highest BCUT2D eigenvalue weighted by Gasteiger charge is 2.42. The molecule has 82 heavy (non-hydrogen) atoms. The van der Waals surface area contributed by atoms with E-state index in [1.807, 2.05) is 5.32 Å². The molecule has 18 N–H and O–H groups in total. The minimum Gasteiger partial charge on any atom is -0.481 e. The standard InChI is InChI=1S/C53H74N12O17/c1-26(2)19-34(59-45(73)32(54)16-17-42(71)72)48(76)63-43(27(3)67)51(79)62-35(20-29-11-6-5-7-12-29)49(77)64-44(28(4)68)52(80)65-18-10-15-39(65)50(78)61-37(22-40(55)69)47(75)60-36(21-30-23-56-33-14-9-8-13-31(30)33)46(74)57-24-41(70)58-38(25-66)53(81)82/h5-9,11-14,23,26-28,32,34-39,43-44,56,66-68H,10,15-22,24-25,54H2,1-4H3,(H2,55,69)(H,57,74)(H,58,70)(H,59,73)(H,60,75)(H,61,78)(H,62,79)(H,63,76)(H,64,77)(H,71,72)(H,81,82)/t27-,28-,32+,34+,35+,36+,37+,38+,39+,43+,44+/m1/s1. The van der Waals surface area contributed by atoms with Crippen LogP contribution >= 0.6 is 0 Å². The Morgan fingerprint density at radius 1 is 0.671 bits per heavy atom. The molecule has 1 aromatic heterocycles. The number of hydrogen-bond donors (Lipinski definition) is 16. The molecule has 2 aromatic carbocycles. The second kappa shape index (κ2) is 31.5. The number of aliphatic hydroxyl groups is 3. The maximum atomic E-state index is 14.4. The number of carbonyl (C=O) groups excluding carboxylic acids is 10. The van der Waals surface area contributed by atoms with E-state index in [1.54, 1.807) is 74.6 Å². The molecule has 1 saturated heterocycles. The fraction of sp³-hybridized carbons (Fsp3) is 0.509. The number of benzene rings is 2. The number of aromatic nitrogens is 1. The predicted octanol–water partition coefficient (Wildman–Crippen LogP) is -4.59. The summed E-state index contributed by atoms with van der Waals surface area (Å²) in [5, 5.41) is 69.1. The zero-order valence-electron chi connectivity index (χ0n) is 45.7. The number of carbonyl (C=O) groups is 12. The van der Waals surface area contributed by atoms with E-state index in [9.17, 15) is 78.0 Å². The molecule has 3 aromatic rings. The quantitative estimate of drug-likeness (QED) is 0.0280. The first-order valence-corrected chi connectivity index (χ1v) is 26.4. The van der Waals surface area contributed by atoms with Crippen molar-refractivity contribution in [3.8, 4) is 0 Å². The number of fused-ring (bicyclic) bond motifs is 1. The number of primary amides is 1. The first-order valence-electron chi connectivity index (χ1n) is 26.4. The van der Waals surface area contributed by atoms with Crippen LogP contribution in [0.5, 0.6) is 0 Å². The Morgan fingerprint density at radius 2 is 1.26 bits per heavy atom. The maximum Gasteiger partial charge on any atom is 0.328 e. The van der Waals surface area contributed by atoms with Gasteiger partial charge in [-0.1, -0.05) is 62.4 Å². The number of aromatic amines is 1. The third-order valence-corrected chi connectivity index (χ3v) is 13.2. The van der Waals surface area contributed by atoms with E-state index in [4.69, 9.17) is 16.6 Å². The van der Waals surface area contributed by atoms with Gasteiger partial charge in [-0.25, -0.2) is 4.79 Å². The third kappa shape index (κ3) is 19.9. The Bertz CT molecular complexity index is 2770. The van der Waals surface area contributed by atoms with Gasteiger partial charge in [0.05, 0.1) is 37.8 Å². The number of rotatable bonds is 32. The molecule has 0 aliphatic carbocycles. The predicted molar refractivity (Wildman–Crippen MR) is 290 cm³/mol. The van der Waals surface area contributed by atoms with Crippen LogP contribution in [0.2, 0.25) is 0 Å². The molecular weight excluding hydrogens is 1080 g/mol. The van der Waals surface area contributed by atoms with Crippen LogP contribution < -0.4 is 54.0 Å². The number of hydrogen-bond acceptors (Lipinski definition) is 16. The molecule has 11 atom stereocenters. The van der Waals surface area contributed by atoms with Crippen molar-refractivity contribution in [2.75, 3.05) is 19.7 Å². The van der Waals surface area contributed by atoms with Crippen molar-refractivity contribution in [1.29, 1.82) is 0 Å². The smallest absolute Gasteiger partial charge is 0.328 e. The number of nitrogens with one attached hydrogen (secondary N) is 9. The van der Waals surface area contributed by atoms with Gasteiger partial charge in [-0.3, -0.25) is 52.7 Å². The van der Waals surface area contributed by atoms with E-state index in [2.05, 4.69) is 42.2 Å². The average Bonchev–Trinajstić information content (AvgIpc) is 4.26. The van der Waals surface area contributed by atoms with E-state index in [0.717, 1.165) is 4.90 Å². The van der Waals surface area contributed by atoms with Crippen LogP contribution in [-0.2, 0) is 70.4 Å². The summed E-state index contributed by atoms with van der Waals surface area (Å²) in [6, 6.07) is 1.10. The molecule has 1 fully saturated rings. The zero-order chi connectivity index (χ0) is 61.0. The Labute approximate surface area is 470 Å². The number of amides is 10. The van der Waals surface area contributed by atoms with Gasteiger partial charge in [-0.05, 0) is 62.6 Å². The molecule has 0 bridgehead atoms. The van der Waals surface area contributed by atoms with Crippen LogP contribution in [0.15, 0.2) is 60.8 Å². The molecular formula is C53H74N12O17. The number of aliphatic hydroxyl groups excluding tert-OH is 3. The summed E-state index contributed by atoms with van der Waals surface area (Å²) in [6.07, 6.45) is -3.44. The van der Waals surface area contributed by atoms with Crippen LogP contribution in [0.4, 0.5) is 0 Å². The van der Waals surface area contributed by atoms with Gasteiger partial charge in [0, 0.05) is 42.9 Å². The molecule has 0 saturated carbocycles. The SMILES string of the molecule is CC(C)C[C@H](NC(=O)[C@@H](N)CCC(=O)O)C(=O)N[C@H](C(=O)N[C@@H](Cc1ccccc1)C(=O)N[C@H](C(=O)N1CCC[C@H]1C(=O)N[C@@H](CC(N)=O)C(=O)N[C@@H](Cc1c[nH]c2ccccc12)C(=O)NCC(=O)N[C@@H](CO)C(=O)O)[C@@H](C)O)[C@@H](C)O. The van der Waals surface area contributed by atoms with Crippen LogP contribution in [-0.4, -0.2) is 193 Å². The number of carboxylic acid groups (broad SMARTS) is 2. The third-order valence-electron chi connectivity index (χ3n) is 13.2. The molecule has 2 heterocycles. The number of para-hydroxylation sites is 1. The number of nitrogens with zero attached hydrogens (tertiary/aromatic N) is 1. The lowest BCUT2D eigenvalue weighted by molar-refractivity contribution is -0.145. The Hall–Kier alpha value is -8.54. The van der Waals surface area contributed by atoms with E-state index in [-0.39, 0.29) is 51.0 Å². The number of carboxylic acids is 2. The molecule has 1 aliphatic rings. The lowest BCUT2D eigenvalue weighted by Gasteiger charge is -2.32. The highest BCUT2D eigenvalue weighted by atomic mass is 16.4. The number of H-pyrrole nitrogens is 1. The number of likely N-dealkylation sites (tertiary alicyclic amines) is 1. The van der Waals surface area contributed by atoms with Crippen molar-refractivity contribution in [3.63, 3.8) is 0 Å². The van der Waals surface area contributed by atoms with Crippen molar-refractivity contribution in [3.05, 3.63) is 71.9 Å². The number of nitrogens with two attached hydrogens (primary N) is 2. The van der Waals surface area contributed by atoms with Crippen molar-refractivity contribution < 1.29 is 83.1 Å². The molecule has 0 radical (unpaired) electrons. The van der Waals surface area contributed by atoms with Gasteiger partial charge in [0.25, 0.3) is 0 Å². The van der Waals surface area contributed by atoms with E-state index < -0.39 is 164 Å². The number of aliphatic carboxylic acids is 2. The largest absolute Gasteiger partial charge is 0.481 e. The molecule has 1 aliphatic heterocycles. The van der Waals surface area contributed by atoms with Crippen molar-refractivity contribution in [1.82, 2.24) is 52.4 Å². The molecule has 10 amide bonds. The molecule has 0 spiro atoms. The normalized spacial score (nSPS) is 16.7. The van der Waals surface area contributed by atoms with Crippen LogP contribution in [0, 0.1) is 5.92 Å². The summed E-state index contributed by atoms with van der Waals surface area (Å²) in [4.78, 5) is 163. The van der Waals surface area contributed by atoms with E-state index in [0.29, 0.717) is 22.0 Å². The van der Waals surface area contributed by atoms with Gasteiger partial charge in [0.15, 0.2) is 0 Å². The van der Waals surface area contributed by atoms with Gasteiger partial charge in [-0.2, -0.15) is 0 Å². The monoisotopic (exact) mass is 1150 g/mol.